The molecule has 0 atom stereocenters. The highest BCUT2D eigenvalue weighted by Crippen LogP contribution is 2.27. The van der Waals surface area contributed by atoms with Crippen LogP contribution in [-0.2, 0) is 6.42 Å². The molecule has 0 radical (unpaired) electrons. The van der Waals surface area contributed by atoms with Gasteiger partial charge in [0.2, 0.25) is 0 Å². The van der Waals surface area contributed by atoms with E-state index in [1.54, 1.807) is 30.7 Å². The van der Waals surface area contributed by atoms with Crippen molar-refractivity contribution < 1.29 is 9.59 Å². The van der Waals surface area contributed by atoms with Gasteiger partial charge in [-0.15, -0.1) is 0 Å². The van der Waals surface area contributed by atoms with Crippen molar-refractivity contribution in [3.63, 3.8) is 0 Å². The van der Waals surface area contributed by atoms with Crippen molar-refractivity contribution in [2.75, 3.05) is 12.3 Å². The van der Waals surface area contributed by atoms with Gasteiger partial charge in [0.15, 0.2) is 0 Å². The lowest BCUT2D eigenvalue weighted by atomic mass is 10.1. The second kappa shape index (κ2) is 4.24. The zero-order valence-corrected chi connectivity index (χ0v) is 10.1. The molecule has 2 heterocycles. The molecule has 1 aromatic heterocycles. The molecular formula is C13H12N4O2. The van der Waals surface area contributed by atoms with Gasteiger partial charge >= 0.3 is 0 Å². The fourth-order valence-corrected chi connectivity index (χ4v) is 2.22. The van der Waals surface area contributed by atoms with Crippen LogP contribution in [0.2, 0.25) is 0 Å². The Balaban J connectivity index is 1.84. The lowest BCUT2D eigenvalue weighted by Gasteiger charge is -2.12. The summed E-state index contributed by atoms with van der Waals surface area (Å²) >= 11 is 0. The summed E-state index contributed by atoms with van der Waals surface area (Å²) in [5, 5.41) is 0. The molecule has 2 aromatic rings. The van der Waals surface area contributed by atoms with E-state index in [4.69, 9.17) is 5.73 Å². The predicted molar refractivity (Wildman–Crippen MR) is 68.5 cm³/mol. The molecule has 1 aromatic carbocycles. The van der Waals surface area contributed by atoms with Crippen LogP contribution in [0.3, 0.4) is 0 Å². The number of hydrogen-bond donors (Lipinski definition) is 2. The molecular weight excluding hydrogens is 244 g/mol. The number of nitrogens with one attached hydrogen (secondary N) is 1. The van der Waals surface area contributed by atoms with Gasteiger partial charge in [-0.05, 0) is 12.1 Å². The number of hydrogen-bond acceptors (Lipinski definition) is 4. The first-order chi connectivity index (χ1) is 9.18. The Morgan fingerprint density at radius 3 is 2.79 bits per heavy atom. The van der Waals surface area contributed by atoms with E-state index >= 15 is 0 Å². The first-order valence-electron chi connectivity index (χ1n) is 5.90. The maximum Gasteiger partial charge on any atom is 0.263 e. The minimum absolute atomic E-state index is 0.285. The molecule has 6 heteroatoms. The van der Waals surface area contributed by atoms with E-state index < -0.39 is 0 Å². The number of imide groups is 1. The van der Waals surface area contributed by atoms with Gasteiger partial charge in [-0.3, -0.25) is 14.5 Å². The first kappa shape index (κ1) is 11.5. The Kier molecular flexibility index (Phi) is 2.56. The number of H-pyrrole nitrogens is 1. The zero-order valence-electron chi connectivity index (χ0n) is 10.1. The number of nitrogens with zero attached hydrogens (tertiary/aromatic N) is 2. The SMILES string of the molecule is Nc1cccc2c1C(=O)N(CCc1cnc[nH]1)C2=O. The van der Waals surface area contributed by atoms with Gasteiger partial charge in [0.1, 0.15) is 0 Å². The highest BCUT2D eigenvalue weighted by atomic mass is 16.2. The average molecular weight is 256 g/mol. The van der Waals surface area contributed by atoms with E-state index in [2.05, 4.69) is 9.97 Å². The fraction of sp³-hybridized carbons (Fsp3) is 0.154. The second-order valence-corrected chi connectivity index (χ2v) is 4.36. The fourth-order valence-electron chi connectivity index (χ4n) is 2.22. The van der Waals surface area contributed by atoms with Gasteiger partial charge in [0, 0.05) is 30.5 Å². The van der Waals surface area contributed by atoms with E-state index in [1.165, 1.54) is 4.90 Å². The number of anilines is 1. The summed E-state index contributed by atoms with van der Waals surface area (Å²) in [4.78, 5) is 32.4. The first-order valence-corrected chi connectivity index (χ1v) is 5.90. The number of aromatic nitrogens is 2. The Labute approximate surface area is 109 Å². The molecule has 1 aliphatic rings. The Bertz CT molecular complexity index is 649. The molecule has 96 valence electrons. The summed E-state index contributed by atoms with van der Waals surface area (Å²) in [7, 11) is 0. The Hall–Kier alpha value is -2.63. The highest BCUT2D eigenvalue weighted by Gasteiger charge is 2.36. The molecule has 0 aliphatic carbocycles. The number of aromatic amines is 1. The molecule has 3 rings (SSSR count). The van der Waals surface area contributed by atoms with Crippen LogP contribution in [0.1, 0.15) is 26.4 Å². The predicted octanol–water partition coefficient (Wildman–Crippen LogP) is 0.831. The molecule has 0 spiro atoms. The van der Waals surface area contributed by atoms with Crippen LogP contribution in [0.5, 0.6) is 0 Å². The highest BCUT2D eigenvalue weighted by molar-refractivity contribution is 6.23. The summed E-state index contributed by atoms with van der Waals surface area (Å²) in [5.74, 6) is -0.607. The summed E-state index contributed by atoms with van der Waals surface area (Å²) in [6.07, 6.45) is 3.79. The van der Waals surface area contributed by atoms with Gasteiger partial charge in [0.25, 0.3) is 11.8 Å². The van der Waals surface area contributed by atoms with Crippen LogP contribution >= 0.6 is 0 Å². The van der Waals surface area contributed by atoms with Crippen LogP contribution in [0.15, 0.2) is 30.7 Å². The van der Waals surface area contributed by atoms with Crippen LogP contribution in [0, 0.1) is 0 Å². The number of nitrogens with two attached hydrogens (primary N) is 1. The molecule has 0 unspecified atom stereocenters. The number of amides is 2. The lowest BCUT2D eigenvalue weighted by Crippen LogP contribution is -2.31. The number of imidazole rings is 1. The zero-order chi connectivity index (χ0) is 13.4. The Morgan fingerprint density at radius 2 is 2.11 bits per heavy atom. The van der Waals surface area contributed by atoms with Gasteiger partial charge in [-0.2, -0.15) is 0 Å². The van der Waals surface area contributed by atoms with Gasteiger partial charge in [0.05, 0.1) is 17.5 Å². The van der Waals surface area contributed by atoms with E-state index in [1.807, 2.05) is 0 Å². The minimum Gasteiger partial charge on any atom is -0.398 e. The van der Waals surface area contributed by atoms with Crippen molar-refractivity contribution in [3.05, 3.63) is 47.5 Å². The van der Waals surface area contributed by atoms with Gasteiger partial charge < -0.3 is 10.7 Å². The maximum atomic E-state index is 12.2. The van der Waals surface area contributed by atoms with Crippen molar-refractivity contribution in [2.45, 2.75) is 6.42 Å². The van der Waals surface area contributed by atoms with Crippen molar-refractivity contribution in [1.29, 1.82) is 0 Å². The van der Waals surface area contributed by atoms with Crippen molar-refractivity contribution >= 4 is 17.5 Å². The number of nitrogen functional groups attached to an aromatic ring is 1. The van der Waals surface area contributed by atoms with Crippen LogP contribution < -0.4 is 5.73 Å². The van der Waals surface area contributed by atoms with E-state index in [0.717, 1.165) is 5.69 Å². The van der Waals surface area contributed by atoms with Gasteiger partial charge in [-0.1, -0.05) is 6.07 Å². The molecule has 3 N–H and O–H groups in total. The maximum absolute atomic E-state index is 12.2. The summed E-state index contributed by atoms with van der Waals surface area (Å²) in [5.41, 5.74) is 7.69. The quantitative estimate of drug-likeness (QED) is 0.628. The van der Waals surface area contributed by atoms with Crippen LogP contribution in [0.4, 0.5) is 5.69 Å². The number of fused-ring (bicyclic) bond motifs is 1. The largest absolute Gasteiger partial charge is 0.398 e. The smallest absolute Gasteiger partial charge is 0.263 e. The molecule has 1 aliphatic heterocycles. The van der Waals surface area contributed by atoms with Crippen molar-refractivity contribution in [1.82, 2.24) is 14.9 Å². The summed E-state index contributed by atoms with van der Waals surface area (Å²) in [6, 6.07) is 4.93. The normalized spacial score (nSPS) is 14.0. The molecule has 0 fully saturated rings. The lowest BCUT2D eigenvalue weighted by molar-refractivity contribution is 0.0656. The Morgan fingerprint density at radius 1 is 1.26 bits per heavy atom. The topological polar surface area (TPSA) is 92.1 Å². The number of carbonyl (C=O) groups is 2. The molecule has 0 bridgehead atoms. The van der Waals surface area contributed by atoms with Crippen molar-refractivity contribution in [2.24, 2.45) is 0 Å². The van der Waals surface area contributed by atoms with Gasteiger partial charge in [-0.25, -0.2) is 4.98 Å². The third kappa shape index (κ3) is 1.77. The standard InChI is InChI=1S/C13H12N4O2/c14-10-3-1-2-9-11(10)13(19)17(12(9)18)5-4-8-6-15-7-16-8/h1-3,6-7H,4-5,14H2,(H,15,16). The summed E-state index contributed by atoms with van der Waals surface area (Å²) < 4.78 is 0. The number of rotatable bonds is 3. The summed E-state index contributed by atoms with van der Waals surface area (Å²) in [6.45, 7) is 0.313. The molecule has 2 amide bonds. The third-order valence-electron chi connectivity index (χ3n) is 3.19. The monoisotopic (exact) mass is 256 g/mol. The third-order valence-corrected chi connectivity index (χ3v) is 3.19. The molecule has 6 nitrogen and oxygen atoms in total. The van der Waals surface area contributed by atoms with E-state index in [9.17, 15) is 9.59 Å². The average Bonchev–Trinajstić information content (AvgIpc) is 2.98. The number of carbonyl (C=O) groups excluding carboxylic acids is 2. The second-order valence-electron chi connectivity index (χ2n) is 4.36. The van der Waals surface area contributed by atoms with Crippen LogP contribution in [0.25, 0.3) is 0 Å². The van der Waals surface area contributed by atoms with E-state index in [-0.39, 0.29) is 11.8 Å². The van der Waals surface area contributed by atoms with Crippen molar-refractivity contribution in [3.8, 4) is 0 Å². The molecule has 0 saturated carbocycles. The minimum atomic E-state index is -0.322. The molecule has 19 heavy (non-hydrogen) atoms. The van der Waals surface area contributed by atoms with E-state index in [0.29, 0.717) is 29.8 Å². The molecule has 0 saturated heterocycles. The van der Waals surface area contributed by atoms with Crippen LogP contribution in [-0.4, -0.2) is 33.2 Å². The number of benzene rings is 1.